The zero-order chi connectivity index (χ0) is 29.7. The molecule has 3 N–H and O–H groups in total. The highest BCUT2D eigenvalue weighted by Gasteiger charge is 2.23. The van der Waals surface area contributed by atoms with Crippen molar-refractivity contribution in [1.82, 2.24) is 25.5 Å². The molecule has 1 aliphatic carbocycles. The first-order chi connectivity index (χ1) is 21.1. The third-order valence-corrected chi connectivity index (χ3v) is 8.28. The Kier molecular flexibility index (Phi) is 11.6. The molecule has 0 atom stereocenters. The molecule has 2 aliphatic rings. The Hall–Kier alpha value is -3.69. The summed E-state index contributed by atoms with van der Waals surface area (Å²) in [5.74, 6) is 1.50. The molecule has 43 heavy (non-hydrogen) atoms. The van der Waals surface area contributed by atoms with E-state index in [1.807, 2.05) is 43.3 Å². The SMILES string of the molecule is Cc1cc(N2CCN(C(=O)OCc3ccccc3)CC2)nc(NCc2ccc(CNCCCNC3CCCCC3)cc2)n1. The van der Waals surface area contributed by atoms with Crippen molar-refractivity contribution in [3.8, 4) is 0 Å². The highest BCUT2D eigenvalue weighted by atomic mass is 16.6. The van der Waals surface area contributed by atoms with Crippen LogP contribution in [0.1, 0.15) is 60.9 Å². The summed E-state index contributed by atoms with van der Waals surface area (Å²) in [6.07, 6.45) is 7.76. The Labute approximate surface area is 256 Å². The molecule has 0 spiro atoms. The normalized spacial score (nSPS) is 15.8. The minimum absolute atomic E-state index is 0.270. The molecule has 1 aliphatic heterocycles. The Bertz CT molecular complexity index is 1260. The molecule has 2 fully saturated rings. The number of rotatable bonds is 13. The van der Waals surface area contributed by atoms with Crippen molar-refractivity contribution < 1.29 is 9.53 Å². The molecule has 0 unspecified atom stereocenters. The third-order valence-electron chi connectivity index (χ3n) is 8.28. The molecule has 0 bridgehead atoms. The number of piperazine rings is 1. The fourth-order valence-corrected chi connectivity index (χ4v) is 5.74. The van der Waals surface area contributed by atoms with Crippen LogP contribution >= 0.6 is 0 Å². The van der Waals surface area contributed by atoms with E-state index in [2.05, 4.69) is 50.1 Å². The molecule has 9 heteroatoms. The Morgan fingerprint density at radius 3 is 2.33 bits per heavy atom. The predicted molar refractivity (Wildman–Crippen MR) is 172 cm³/mol. The molecule has 3 aromatic rings. The lowest BCUT2D eigenvalue weighted by Gasteiger charge is -2.35. The van der Waals surface area contributed by atoms with Gasteiger partial charge < -0.3 is 30.5 Å². The van der Waals surface area contributed by atoms with Crippen molar-refractivity contribution in [2.75, 3.05) is 49.5 Å². The van der Waals surface area contributed by atoms with Crippen LogP contribution in [0.25, 0.3) is 0 Å². The second-order valence-corrected chi connectivity index (χ2v) is 11.7. The molecule has 1 saturated carbocycles. The van der Waals surface area contributed by atoms with Crippen LogP contribution in [0.2, 0.25) is 0 Å². The first-order valence-corrected chi connectivity index (χ1v) is 15.9. The number of aromatic nitrogens is 2. The fourth-order valence-electron chi connectivity index (χ4n) is 5.74. The van der Waals surface area contributed by atoms with Gasteiger partial charge in [0.2, 0.25) is 5.95 Å². The summed E-state index contributed by atoms with van der Waals surface area (Å²) in [5.41, 5.74) is 4.38. The highest BCUT2D eigenvalue weighted by Crippen LogP contribution is 2.19. The lowest BCUT2D eigenvalue weighted by molar-refractivity contribution is 0.0941. The minimum atomic E-state index is -0.270. The lowest BCUT2D eigenvalue weighted by atomic mass is 9.95. The number of ether oxygens (including phenoxy) is 1. The molecule has 230 valence electrons. The monoisotopic (exact) mass is 585 g/mol. The number of hydrogen-bond acceptors (Lipinski definition) is 8. The Morgan fingerprint density at radius 1 is 0.860 bits per heavy atom. The Balaban J connectivity index is 1.01. The number of nitrogens with zero attached hydrogens (tertiary/aromatic N) is 4. The minimum Gasteiger partial charge on any atom is -0.445 e. The summed E-state index contributed by atoms with van der Waals surface area (Å²) in [6.45, 7) is 8.54. The average molecular weight is 586 g/mol. The van der Waals surface area contributed by atoms with Crippen LogP contribution in [0.4, 0.5) is 16.6 Å². The number of aryl methyl sites for hydroxylation is 1. The van der Waals surface area contributed by atoms with E-state index >= 15 is 0 Å². The maximum atomic E-state index is 12.5. The molecular formula is C34H47N7O2. The second kappa shape index (κ2) is 16.2. The number of carbonyl (C=O) groups excluding carboxylic acids is 1. The van der Waals surface area contributed by atoms with E-state index < -0.39 is 0 Å². The highest BCUT2D eigenvalue weighted by molar-refractivity contribution is 5.68. The molecule has 9 nitrogen and oxygen atoms in total. The average Bonchev–Trinajstić information content (AvgIpc) is 3.05. The van der Waals surface area contributed by atoms with E-state index in [0.29, 0.717) is 38.7 Å². The largest absolute Gasteiger partial charge is 0.445 e. The van der Waals surface area contributed by atoms with Gasteiger partial charge in [0.05, 0.1) is 0 Å². The molecule has 1 saturated heterocycles. The number of benzene rings is 2. The van der Waals surface area contributed by atoms with Gasteiger partial charge in [0.15, 0.2) is 0 Å². The maximum Gasteiger partial charge on any atom is 0.410 e. The van der Waals surface area contributed by atoms with Crippen molar-refractivity contribution in [2.45, 2.75) is 71.2 Å². The number of hydrogen-bond donors (Lipinski definition) is 3. The number of amides is 1. The predicted octanol–water partition coefficient (Wildman–Crippen LogP) is 5.26. The van der Waals surface area contributed by atoms with Gasteiger partial charge >= 0.3 is 6.09 Å². The van der Waals surface area contributed by atoms with Crippen LogP contribution in [0.3, 0.4) is 0 Å². The van der Waals surface area contributed by atoms with Gasteiger partial charge in [0, 0.05) is 57.1 Å². The van der Waals surface area contributed by atoms with E-state index in [-0.39, 0.29) is 12.7 Å². The summed E-state index contributed by atoms with van der Waals surface area (Å²) >= 11 is 0. The van der Waals surface area contributed by atoms with Gasteiger partial charge in [-0.2, -0.15) is 4.98 Å². The van der Waals surface area contributed by atoms with E-state index in [1.54, 1.807) is 4.90 Å². The second-order valence-electron chi connectivity index (χ2n) is 11.7. The van der Waals surface area contributed by atoms with Gasteiger partial charge in [-0.05, 0) is 56.0 Å². The Morgan fingerprint density at radius 2 is 1.58 bits per heavy atom. The van der Waals surface area contributed by atoms with Crippen molar-refractivity contribution >= 4 is 17.9 Å². The number of carbonyl (C=O) groups is 1. The van der Waals surface area contributed by atoms with Crippen LogP contribution in [-0.4, -0.2) is 66.3 Å². The van der Waals surface area contributed by atoms with Crippen molar-refractivity contribution in [3.05, 3.63) is 83.0 Å². The van der Waals surface area contributed by atoms with Crippen LogP contribution in [0.5, 0.6) is 0 Å². The van der Waals surface area contributed by atoms with E-state index in [9.17, 15) is 4.79 Å². The van der Waals surface area contributed by atoms with Gasteiger partial charge in [-0.1, -0.05) is 73.9 Å². The first kappa shape index (κ1) is 30.8. The third kappa shape index (κ3) is 9.93. The van der Waals surface area contributed by atoms with Gasteiger partial charge in [-0.3, -0.25) is 0 Å². The van der Waals surface area contributed by atoms with E-state index in [4.69, 9.17) is 9.72 Å². The van der Waals surface area contributed by atoms with E-state index in [1.165, 1.54) is 43.2 Å². The van der Waals surface area contributed by atoms with Crippen molar-refractivity contribution in [3.63, 3.8) is 0 Å². The molecule has 1 aromatic heterocycles. The van der Waals surface area contributed by atoms with Crippen LogP contribution in [-0.2, 0) is 24.4 Å². The molecule has 2 aromatic carbocycles. The molecule has 5 rings (SSSR count). The summed E-state index contributed by atoms with van der Waals surface area (Å²) in [4.78, 5) is 25.9. The van der Waals surface area contributed by atoms with Gasteiger partial charge in [0.25, 0.3) is 0 Å². The molecule has 2 heterocycles. The maximum absolute atomic E-state index is 12.5. The van der Waals surface area contributed by atoms with Gasteiger partial charge in [0.1, 0.15) is 12.4 Å². The molecule has 1 amide bonds. The molecular weight excluding hydrogens is 538 g/mol. The fraction of sp³-hybridized carbons (Fsp3) is 0.500. The summed E-state index contributed by atoms with van der Waals surface area (Å²) < 4.78 is 5.51. The number of nitrogens with one attached hydrogen (secondary N) is 3. The summed E-state index contributed by atoms with van der Waals surface area (Å²) in [5, 5.41) is 10.7. The summed E-state index contributed by atoms with van der Waals surface area (Å²) in [6, 6.07) is 21.2. The number of anilines is 2. The van der Waals surface area contributed by atoms with E-state index in [0.717, 1.165) is 49.2 Å². The standard InChI is InChI=1S/C34H47N7O2/c1-27-23-32(40-19-21-41(22-20-40)34(42)43-26-30-9-4-2-5-10-30)39-33(38-27)37-25-29-15-13-28(14-16-29)24-35-17-8-18-36-31-11-6-3-7-12-31/h2,4-5,9-10,13-16,23,31,35-36H,3,6-8,11-12,17-22,24-26H2,1H3,(H,37,38,39). The van der Waals surface area contributed by atoms with Crippen LogP contribution in [0.15, 0.2) is 60.7 Å². The first-order valence-electron chi connectivity index (χ1n) is 15.9. The smallest absolute Gasteiger partial charge is 0.410 e. The zero-order valence-corrected chi connectivity index (χ0v) is 25.6. The summed E-state index contributed by atoms with van der Waals surface area (Å²) in [7, 11) is 0. The van der Waals surface area contributed by atoms with Gasteiger partial charge in [-0.15, -0.1) is 0 Å². The molecule has 0 radical (unpaired) electrons. The van der Waals surface area contributed by atoms with Crippen molar-refractivity contribution in [1.29, 1.82) is 0 Å². The van der Waals surface area contributed by atoms with Crippen molar-refractivity contribution in [2.24, 2.45) is 0 Å². The topological polar surface area (TPSA) is 94.7 Å². The van der Waals surface area contributed by atoms with Crippen LogP contribution < -0.4 is 20.9 Å². The van der Waals surface area contributed by atoms with Gasteiger partial charge in [-0.25, -0.2) is 9.78 Å². The zero-order valence-electron chi connectivity index (χ0n) is 25.6. The quantitative estimate of drug-likeness (QED) is 0.234. The van der Waals surface area contributed by atoms with Crippen LogP contribution in [0, 0.1) is 6.92 Å². The lowest BCUT2D eigenvalue weighted by Crippen LogP contribution is -2.49.